The maximum atomic E-state index is 12.5. The molecule has 0 aromatic heterocycles. The van der Waals surface area contributed by atoms with Crippen molar-refractivity contribution in [1.82, 2.24) is 0 Å². The molecule has 0 amide bonds. The van der Waals surface area contributed by atoms with Crippen molar-refractivity contribution in [2.45, 2.75) is 19.3 Å². The van der Waals surface area contributed by atoms with Crippen LogP contribution in [0.25, 0.3) is 0 Å². The van der Waals surface area contributed by atoms with Gasteiger partial charge < -0.3 is 4.74 Å². The molecule has 0 fully saturated rings. The molecule has 0 saturated carbocycles. The molecule has 20 heavy (non-hydrogen) atoms. The molecule has 0 unspecified atom stereocenters. The Morgan fingerprint density at radius 3 is 2.45 bits per heavy atom. The molecule has 0 spiro atoms. The van der Waals surface area contributed by atoms with Crippen molar-refractivity contribution in [2.75, 3.05) is 6.61 Å². The highest BCUT2D eigenvalue weighted by Crippen LogP contribution is 2.38. The summed E-state index contributed by atoms with van der Waals surface area (Å²) in [7, 11) is 0. The van der Waals surface area contributed by atoms with Gasteiger partial charge in [-0.05, 0) is 65.1 Å². The van der Waals surface area contributed by atoms with E-state index in [-0.39, 0.29) is 11.2 Å². The second-order valence-electron chi connectivity index (χ2n) is 5.72. The molecule has 1 aliphatic heterocycles. The number of fused-ring (bicyclic) bond motifs is 1. The molecule has 1 heterocycles. The quantitative estimate of drug-likeness (QED) is 0.579. The molecule has 2 aromatic carbocycles. The third-order valence-electron chi connectivity index (χ3n) is 3.67. The van der Waals surface area contributed by atoms with Crippen molar-refractivity contribution in [2.24, 2.45) is 0 Å². The van der Waals surface area contributed by atoms with Crippen LogP contribution in [0, 0.1) is 3.57 Å². The second-order valence-corrected chi connectivity index (χ2v) is 6.97. The van der Waals surface area contributed by atoms with Crippen molar-refractivity contribution in [3.8, 4) is 5.75 Å². The summed E-state index contributed by atoms with van der Waals surface area (Å²) in [6, 6.07) is 13.4. The number of hydrogen-bond acceptors (Lipinski definition) is 2. The van der Waals surface area contributed by atoms with Crippen molar-refractivity contribution >= 4 is 28.4 Å². The molecular formula is C17H15IO2. The molecule has 0 atom stereocenters. The molecule has 2 aromatic rings. The van der Waals surface area contributed by atoms with E-state index in [0.29, 0.717) is 6.61 Å². The zero-order chi connectivity index (χ0) is 14.3. The first kappa shape index (κ1) is 13.6. The van der Waals surface area contributed by atoms with E-state index in [2.05, 4.69) is 36.4 Å². The van der Waals surface area contributed by atoms with Gasteiger partial charge in [-0.1, -0.05) is 13.8 Å². The standard InChI is InChI=1S/C17H15IO2/c1-17(2)10-20-15-8-5-12(9-14(15)17)16(19)11-3-6-13(18)7-4-11/h3-9H,10H2,1-2H3. The minimum Gasteiger partial charge on any atom is -0.492 e. The van der Waals surface area contributed by atoms with Crippen molar-refractivity contribution in [1.29, 1.82) is 0 Å². The van der Waals surface area contributed by atoms with Crippen LogP contribution < -0.4 is 4.74 Å². The number of carbonyl (C=O) groups excluding carboxylic acids is 1. The maximum Gasteiger partial charge on any atom is 0.193 e. The molecule has 3 rings (SSSR count). The van der Waals surface area contributed by atoms with Crippen LogP contribution in [0.2, 0.25) is 0 Å². The van der Waals surface area contributed by atoms with E-state index in [0.717, 1.165) is 26.0 Å². The van der Waals surface area contributed by atoms with Gasteiger partial charge in [-0.3, -0.25) is 4.79 Å². The van der Waals surface area contributed by atoms with Gasteiger partial charge in [0.25, 0.3) is 0 Å². The fourth-order valence-corrected chi connectivity index (χ4v) is 2.79. The number of ketones is 1. The van der Waals surface area contributed by atoms with Crippen LogP contribution in [0.3, 0.4) is 0 Å². The van der Waals surface area contributed by atoms with Crippen LogP contribution in [-0.4, -0.2) is 12.4 Å². The van der Waals surface area contributed by atoms with Gasteiger partial charge in [-0.25, -0.2) is 0 Å². The predicted molar refractivity (Wildman–Crippen MR) is 87.6 cm³/mol. The normalized spacial score (nSPS) is 15.6. The van der Waals surface area contributed by atoms with E-state index in [1.54, 1.807) is 0 Å². The number of ether oxygens (including phenoxy) is 1. The van der Waals surface area contributed by atoms with Crippen molar-refractivity contribution in [3.63, 3.8) is 0 Å². The maximum absolute atomic E-state index is 12.5. The highest BCUT2D eigenvalue weighted by molar-refractivity contribution is 14.1. The summed E-state index contributed by atoms with van der Waals surface area (Å²) in [4.78, 5) is 12.5. The number of benzene rings is 2. The Bertz CT molecular complexity index is 672. The SMILES string of the molecule is CC1(C)COc2ccc(C(=O)c3ccc(I)cc3)cc21. The van der Waals surface area contributed by atoms with Crippen LogP contribution in [0.4, 0.5) is 0 Å². The Morgan fingerprint density at radius 2 is 1.75 bits per heavy atom. The molecular weight excluding hydrogens is 363 g/mol. The summed E-state index contributed by atoms with van der Waals surface area (Å²) in [5.74, 6) is 0.959. The topological polar surface area (TPSA) is 26.3 Å². The number of halogens is 1. The van der Waals surface area contributed by atoms with Gasteiger partial charge in [0.1, 0.15) is 5.75 Å². The number of carbonyl (C=O) groups is 1. The summed E-state index contributed by atoms with van der Waals surface area (Å²) in [5, 5.41) is 0. The van der Waals surface area contributed by atoms with Gasteiger partial charge in [0.15, 0.2) is 5.78 Å². The first-order valence-electron chi connectivity index (χ1n) is 6.55. The van der Waals surface area contributed by atoms with Crippen LogP contribution in [0.15, 0.2) is 42.5 Å². The lowest BCUT2D eigenvalue weighted by Crippen LogP contribution is -2.18. The molecule has 0 bridgehead atoms. The van der Waals surface area contributed by atoms with E-state index in [4.69, 9.17) is 4.74 Å². The lowest BCUT2D eigenvalue weighted by Gasteiger charge is -2.15. The molecule has 2 nitrogen and oxygen atoms in total. The summed E-state index contributed by atoms with van der Waals surface area (Å²) >= 11 is 2.24. The second kappa shape index (κ2) is 4.88. The van der Waals surface area contributed by atoms with Crippen LogP contribution in [0.1, 0.15) is 35.3 Å². The number of rotatable bonds is 2. The first-order valence-corrected chi connectivity index (χ1v) is 7.63. The van der Waals surface area contributed by atoms with Crippen LogP contribution in [-0.2, 0) is 5.41 Å². The van der Waals surface area contributed by atoms with E-state index >= 15 is 0 Å². The predicted octanol–water partition coefficient (Wildman–Crippen LogP) is 4.19. The summed E-state index contributed by atoms with van der Waals surface area (Å²) in [5.41, 5.74) is 2.54. The highest BCUT2D eigenvalue weighted by atomic mass is 127. The van der Waals surface area contributed by atoms with Gasteiger partial charge in [0, 0.05) is 25.7 Å². The van der Waals surface area contributed by atoms with Gasteiger partial charge in [-0.2, -0.15) is 0 Å². The number of hydrogen-bond donors (Lipinski definition) is 0. The Hall–Kier alpha value is -1.36. The third kappa shape index (κ3) is 2.35. The molecule has 1 aliphatic rings. The van der Waals surface area contributed by atoms with Crippen molar-refractivity contribution < 1.29 is 9.53 Å². The Labute approximate surface area is 132 Å². The molecule has 0 aliphatic carbocycles. The fourth-order valence-electron chi connectivity index (χ4n) is 2.43. The first-order chi connectivity index (χ1) is 9.47. The lowest BCUT2D eigenvalue weighted by molar-refractivity contribution is 0.103. The van der Waals surface area contributed by atoms with E-state index < -0.39 is 0 Å². The molecule has 3 heteroatoms. The van der Waals surface area contributed by atoms with Crippen molar-refractivity contribution in [3.05, 3.63) is 62.7 Å². The zero-order valence-corrected chi connectivity index (χ0v) is 13.6. The minimum absolute atomic E-state index is 0.0301. The summed E-state index contributed by atoms with van der Waals surface area (Å²) < 4.78 is 6.79. The fraction of sp³-hybridized carbons (Fsp3) is 0.235. The van der Waals surface area contributed by atoms with Gasteiger partial charge in [-0.15, -0.1) is 0 Å². The average molecular weight is 378 g/mol. The van der Waals surface area contributed by atoms with E-state index in [9.17, 15) is 4.79 Å². The molecule has 0 N–H and O–H groups in total. The van der Waals surface area contributed by atoms with E-state index in [1.165, 1.54) is 0 Å². The summed E-state index contributed by atoms with van der Waals surface area (Å²) in [6.45, 7) is 4.94. The Morgan fingerprint density at radius 1 is 1.10 bits per heavy atom. The largest absolute Gasteiger partial charge is 0.492 e. The van der Waals surface area contributed by atoms with E-state index in [1.807, 2.05) is 42.5 Å². The minimum atomic E-state index is -0.0301. The lowest BCUT2D eigenvalue weighted by atomic mass is 9.85. The molecule has 102 valence electrons. The molecule has 0 radical (unpaired) electrons. The average Bonchev–Trinajstić information content (AvgIpc) is 2.74. The highest BCUT2D eigenvalue weighted by Gasteiger charge is 2.32. The van der Waals surface area contributed by atoms with Crippen LogP contribution in [0.5, 0.6) is 5.75 Å². The monoisotopic (exact) mass is 378 g/mol. The van der Waals surface area contributed by atoms with Gasteiger partial charge in [0.05, 0.1) is 6.61 Å². The third-order valence-corrected chi connectivity index (χ3v) is 4.38. The summed E-state index contributed by atoms with van der Waals surface area (Å²) in [6.07, 6.45) is 0. The van der Waals surface area contributed by atoms with Gasteiger partial charge in [0.2, 0.25) is 0 Å². The van der Waals surface area contributed by atoms with Crippen LogP contribution >= 0.6 is 22.6 Å². The molecule has 0 saturated heterocycles. The zero-order valence-electron chi connectivity index (χ0n) is 11.4. The Balaban J connectivity index is 1.99. The van der Waals surface area contributed by atoms with Gasteiger partial charge >= 0.3 is 0 Å². The smallest absolute Gasteiger partial charge is 0.193 e. The Kier molecular flexibility index (Phi) is 3.32.